The number of nitrogens with zero attached hydrogens (tertiary/aromatic N) is 4. The molecule has 9 heteroatoms. The third-order valence-electron chi connectivity index (χ3n) is 5.20. The van der Waals surface area contributed by atoms with Crippen molar-refractivity contribution >= 4 is 17.3 Å². The summed E-state index contributed by atoms with van der Waals surface area (Å²) < 4.78 is 18.9. The minimum absolute atomic E-state index is 0.110. The first-order valence-electron chi connectivity index (χ1n) is 9.60. The van der Waals surface area contributed by atoms with Crippen LogP contribution in [0.15, 0.2) is 36.4 Å². The second kappa shape index (κ2) is 9.08. The molecule has 1 saturated heterocycles. The maximum atomic E-state index is 13.6. The summed E-state index contributed by atoms with van der Waals surface area (Å²) in [7, 11) is 5.14. The van der Waals surface area contributed by atoms with Gasteiger partial charge in [0.05, 0.1) is 17.6 Å². The molecule has 0 N–H and O–H groups in total. The molecule has 1 amide bonds. The van der Waals surface area contributed by atoms with Crippen molar-refractivity contribution < 1.29 is 18.8 Å². The molecule has 0 atom stereocenters. The standard InChI is InChI=1S/C21H25FN4O4/c1-23(2)19-6-5-17(26(28)29)13-18(19)21(27)25-10-8-24(9-11-25)14-15-12-16(22)4-7-20(15)30-3/h4-7,12-13H,8-11,14H2,1-3H3. The van der Waals surface area contributed by atoms with Crippen LogP contribution in [-0.4, -0.2) is 68.0 Å². The number of non-ortho nitro benzene ring substituents is 1. The van der Waals surface area contributed by atoms with Gasteiger partial charge in [0, 0.05) is 70.2 Å². The Bertz CT molecular complexity index is 943. The Kier molecular flexibility index (Phi) is 6.51. The molecule has 0 spiro atoms. The number of anilines is 1. The first-order valence-corrected chi connectivity index (χ1v) is 9.60. The highest BCUT2D eigenvalue weighted by atomic mass is 19.1. The quantitative estimate of drug-likeness (QED) is 0.532. The van der Waals surface area contributed by atoms with Crippen molar-refractivity contribution in [2.24, 2.45) is 0 Å². The van der Waals surface area contributed by atoms with Crippen LogP contribution < -0.4 is 9.64 Å². The van der Waals surface area contributed by atoms with Crippen LogP contribution in [0.1, 0.15) is 15.9 Å². The van der Waals surface area contributed by atoms with E-state index in [0.717, 1.165) is 5.56 Å². The van der Waals surface area contributed by atoms with Crippen LogP contribution >= 0.6 is 0 Å². The Morgan fingerprint density at radius 3 is 2.47 bits per heavy atom. The van der Waals surface area contributed by atoms with E-state index in [1.165, 1.54) is 24.3 Å². The van der Waals surface area contributed by atoms with E-state index < -0.39 is 4.92 Å². The first-order chi connectivity index (χ1) is 14.3. The summed E-state index contributed by atoms with van der Waals surface area (Å²) in [5, 5.41) is 11.1. The normalized spacial score (nSPS) is 14.5. The lowest BCUT2D eigenvalue weighted by molar-refractivity contribution is -0.384. The van der Waals surface area contributed by atoms with Gasteiger partial charge < -0.3 is 14.5 Å². The topological polar surface area (TPSA) is 79.2 Å². The Hall–Kier alpha value is -3.20. The van der Waals surface area contributed by atoms with Gasteiger partial charge in [-0.1, -0.05) is 0 Å². The summed E-state index contributed by atoms with van der Waals surface area (Å²) in [5.74, 6) is 0.0778. The van der Waals surface area contributed by atoms with E-state index in [0.29, 0.717) is 49.7 Å². The highest BCUT2D eigenvalue weighted by Crippen LogP contribution is 2.27. The van der Waals surface area contributed by atoms with E-state index in [2.05, 4.69) is 4.90 Å². The van der Waals surface area contributed by atoms with Crippen molar-refractivity contribution in [3.8, 4) is 5.75 Å². The van der Waals surface area contributed by atoms with Gasteiger partial charge in [-0.05, 0) is 24.3 Å². The summed E-state index contributed by atoms with van der Waals surface area (Å²) in [6, 6.07) is 8.76. The molecule has 8 nitrogen and oxygen atoms in total. The lowest BCUT2D eigenvalue weighted by Gasteiger charge is -2.35. The Labute approximate surface area is 174 Å². The Morgan fingerprint density at radius 1 is 1.17 bits per heavy atom. The molecule has 0 aliphatic carbocycles. The monoisotopic (exact) mass is 416 g/mol. The minimum atomic E-state index is -0.499. The molecule has 3 rings (SSSR count). The third kappa shape index (κ3) is 4.68. The summed E-state index contributed by atoms with van der Waals surface area (Å²) in [6.45, 7) is 2.69. The summed E-state index contributed by atoms with van der Waals surface area (Å²) >= 11 is 0. The van der Waals surface area contributed by atoms with Crippen LogP contribution in [0.25, 0.3) is 0 Å². The van der Waals surface area contributed by atoms with Crippen LogP contribution in [-0.2, 0) is 6.54 Å². The van der Waals surface area contributed by atoms with Gasteiger partial charge in [0.2, 0.25) is 0 Å². The van der Waals surface area contributed by atoms with E-state index in [-0.39, 0.29) is 17.4 Å². The highest BCUT2D eigenvalue weighted by molar-refractivity contribution is 6.00. The molecule has 0 unspecified atom stereocenters. The fraction of sp³-hybridized carbons (Fsp3) is 0.381. The summed E-state index contributed by atoms with van der Waals surface area (Å²) in [5.41, 5.74) is 1.60. The number of nitro benzene ring substituents is 1. The maximum Gasteiger partial charge on any atom is 0.270 e. The number of ether oxygens (including phenoxy) is 1. The number of carbonyl (C=O) groups is 1. The van der Waals surface area contributed by atoms with E-state index in [4.69, 9.17) is 4.74 Å². The molecular weight excluding hydrogens is 391 g/mol. The molecule has 1 heterocycles. The van der Waals surface area contributed by atoms with Gasteiger partial charge >= 0.3 is 0 Å². The number of rotatable bonds is 6. The molecule has 0 saturated carbocycles. The molecule has 1 aliphatic heterocycles. The first kappa shape index (κ1) is 21.5. The average molecular weight is 416 g/mol. The third-order valence-corrected chi connectivity index (χ3v) is 5.20. The second-order valence-corrected chi connectivity index (χ2v) is 7.38. The van der Waals surface area contributed by atoms with Gasteiger partial charge in [0.1, 0.15) is 11.6 Å². The van der Waals surface area contributed by atoms with E-state index in [1.807, 2.05) is 0 Å². The SMILES string of the molecule is COc1ccc(F)cc1CN1CCN(C(=O)c2cc([N+](=O)[O-])ccc2N(C)C)CC1. The van der Waals surface area contributed by atoms with Crippen molar-refractivity contribution in [3.63, 3.8) is 0 Å². The molecule has 30 heavy (non-hydrogen) atoms. The number of hydrogen-bond donors (Lipinski definition) is 0. The van der Waals surface area contributed by atoms with Crippen LogP contribution in [0.3, 0.4) is 0 Å². The van der Waals surface area contributed by atoms with Gasteiger partial charge in [-0.15, -0.1) is 0 Å². The summed E-state index contributed by atoms with van der Waals surface area (Å²) in [6.07, 6.45) is 0. The predicted octanol–water partition coefficient (Wildman–Crippen LogP) is 2.77. The molecular formula is C21H25FN4O4. The highest BCUT2D eigenvalue weighted by Gasteiger charge is 2.26. The average Bonchev–Trinajstić information content (AvgIpc) is 2.73. The van der Waals surface area contributed by atoms with E-state index in [9.17, 15) is 19.3 Å². The van der Waals surface area contributed by atoms with Gasteiger partial charge in [0.25, 0.3) is 11.6 Å². The molecule has 0 aromatic heterocycles. The minimum Gasteiger partial charge on any atom is -0.496 e. The zero-order valence-corrected chi connectivity index (χ0v) is 17.3. The van der Waals surface area contributed by atoms with Crippen molar-refractivity contribution in [2.75, 3.05) is 52.3 Å². The molecule has 0 radical (unpaired) electrons. The van der Waals surface area contributed by atoms with Crippen LogP contribution in [0.5, 0.6) is 5.75 Å². The number of methoxy groups -OCH3 is 1. The van der Waals surface area contributed by atoms with E-state index in [1.54, 1.807) is 43.1 Å². The van der Waals surface area contributed by atoms with Crippen molar-refractivity contribution in [2.45, 2.75) is 6.54 Å². The van der Waals surface area contributed by atoms with Crippen LogP contribution in [0, 0.1) is 15.9 Å². The Balaban J connectivity index is 1.71. The van der Waals surface area contributed by atoms with Gasteiger partial charge in [-0.25, -0.2) is 4.39 Å². The largest absolute Gasteiger partial charge is 0.496 e. The number of piperazine rings is 1. The number of benzene rings is 2. The molecule has 1 fully saturated rings. The van der Waals surface area contributed by atoms with E-state index >= 15 is 0 Å². The molecule has 0 bridgehead atoms. The fourth-order valence-electron chi connectivity index (χ4n) is 3.59. The summed E-state index contributed by atoms with van der Waals surface area (Å²) in [4.78, 5) is 29.3. The zero-order chi connectivity index (χ0) is 21.8. The van der Waals surface area contributed by atoms with Crippen LogP contribution in [0.4, 0.5) is 15.8 Å². The second-order valence-electron chi connectivity index (χ2n) is 7.38. The number of halogens is 1. The van der Waals surface area contributed by atoms with Crippen molar-refractivity contribution in [3.05, 3.63) is 63.5 Å². The zero-order valence-electron chi connectivity index (χ0n) is 17.3. The fourth-order valence-corrected chi connectivity index (χ4v) is 3.59. The van der Waals surface area contributed by atoms with Gasteiger partial charge in [-0.2, -0.15) is 0 Å². The number of carbonyl (C=O) groups excluding carboxylic acids is 1. The molecule has 1 aliphatic rings. The maximum absolute atomic E-state index is 13.6. The van der Waals surface area contributed by atoms with Gasteiger partial charge in [0.15, 0.2) is 0 Å². The Morgan fingerprint density at radius 2 is 1.87 bits per heavy atom. The number of amides is 1. The number of hydrogen-bond acceptors (Lipinski definition) is 6. The number of nitro groups is 1. The lowest BCUT2D eigenvalue weighted by atomic mass is 10.1. The van der Waals surface area contributed by atoms with Crippen molar-refractivity contribution in [1.82, 2.24) is 9.80 Å². The van der Waals surface area contributed by atoms with Crippen molar-refractivity contribution in [1.29, 1.82) is 0 Å². The molecule has 2 aromatic carbocycles. The molecule has 160 valence electrons. The van der Waals surface area contributed by atoms with Crippen LogP contribution in [0.2, 0.25) is 0 Å². The smallest absolute Gasteiger partial charge is 0.270 e. The van der Waals surface area contributed by atoms with Gasteiger partial charge in [-0.3, -0.25) is 19.8 Å². The predicted molar refractivity (Wildman–Crippen MR) is 112 cm³/mol. The molecule has 2 aromatic rings. The lowest BCUT2D eigenvalue weighted by Crippen LogP contribution is -2.48.